The van der Waals surface area contributed by atoms with Crippen LogP contribution in [0.3, 0.4) is 0 Å². The van der Waals surface area contributed by atoms with Crippen molar-refractivity contribution < 1.29 is 13.9 Å². The van der Waals surface area contributed by atoms with E-state index in [9.17, 15) is 9.18 Å². The second-order valence-electron chi connectivity index (χ2n) is 4.29. The number of carbonyl (C=O) groups is 1. The van der Waals surface area contributed by atoms with Crippen molar-refractivity contribution in [3.63, 3.8) is 0 Å². The summed E-state index contributed by atoms with van der Waals surface area (Å²) in [6.45, 7) is 2.51. The van der Waals surface area contributed by atoms with Gasteiger partial charge in [0.05, 0.1) is 23.7 Å². The van der Waals surface area contributed by atoms with Gasteiger partial charge in [-0.15, -0.1) is 0 Å². The zero-order valence-corrected chi connectivity index (χ0v) is 13.0. The van der Waals surface area contributed by atoms with Crippen LogP contribution < -0.4 is 10.1 Å². The molecule has 0 saturated heterocycles. The van der Waals surface area contributed by atoms with Crippen molar-refractivity contribution in [2.45, 2.75) is 13.3 Å². The molecule has 1 N–H and O–H groups in total. The summed E-state index contributed by atoms with van der Waals surface area (Å²) in [7, 11) is 0. The number of nitrogens with zero attached hydrogens (tertiary/aromatic N) is 1. The Labute approximate surface area is 130 Å². The molecule has 6 heteroatoms. The first-order valence-corrected chi connectivity index (χ1v) is 7.20. The molecular formula is C15H14BrFN2O2. The van der Waals surface area contributed by atoms with Gasteiger partial charge in [0, 0.05) is 0 Å². The molecule has 110 valence electrons. The highest BCUT2D eigenvalue weighted by atomic mass is 79.9. The number of hydrogen-bond donors (Lipinski definition) is 1. The minimum Gasteiger partial charge on any atom is -0.494 e. The molecule has 0 aliphatic rings. The number of nitrogens with one attached hydrogen (secondary N) is 1. The van der Waals surface area contributed by atoms with Crippen LogP contribution in [0.4, 0.5) is 10.2 Å². The van der Waals surface area contributed by atoms with Gasteiger partial charge in [-0.25, -0.2) is 9.37 Å². The van der Waals surface area contributed by atoms with E-state index in [1.165, 1.54) is 6.07 Å². The molecule has 1 aromatic carbocycles. The van der Waals surface area contributed by atoms with Gasteiger partial charge in [-0.2, -0.15) is 0 Å². The lowest BCUT2D eigenvalue weighted by molar-refractivity contribution is -0.115. The monoisotopic (exact) mass is 352 g/mol. The van der Waals surface area contributed by atoms with Crippen molar-refractivity contribution in [2.75, 3.05) is 11.9 Å². The third-order valence-corrected chi connectivity index (χ3v) is 3.27. The lowest BCUT2D eigenvalue weighted by Crippen LogP contribution is -2.15. The van der Waals surface area contributed by atoms with E-state index in [1.54, 1.807) is 0 Å². The number of amides is 1. The third-order valence-electron chi connectivity index (χ3n) is 2.66. The van der Waals surface area contributed by atoms with Gasteiger partial charge in [0.15, 0.2) is 0 Å². The number of halogens is 2. The van der Waals surface area contributed by atoms with E-state index in [4.69, 9.17) is 4.74 Å². The summed E-state index contributed by atoms with van der Waals surface area (Å²) in [4.78, 5) is 15.8. The average molecular weight is 353 g/mol. The molecule has 21 heavy (non-hydrogen) atoms. The molecular weight excluding hydrogens is 339 g/mol. The summed E-state index contributed by atoms with van der Waals surface area (Å²) >= 11 is 3.15. The minimum absolute atomic E-state index is 0.206. The molecule has 2 aromatic rings. The van der Waals surface area contributed by atoms with E-state index in [-0.39, 0.29) is 12.3 Å². The first-order valence-electron chi connectivity index (χ1n) is 6.41. The minimum atomic E-state index is -0.466. The van der Waals surface area contributed by atoms with Gasteiger partial charge in [-0.1, -0.05) is 12.1 Å². The Morgan fingerprint density at radius 2 is 2.10 bits per heavy atom. The third kappa shape index (κ3) is 4.53. The van der Waals surface area contributed by atoms with Crippen LogP contribution in [-0.4, -0.2) is 17.5 Å². The SMILES string of the molecule is CCOc1ccc(CC(=O)Nc2ncc(F)cc2Br)cc1. The molecule has 0 unspecified atom stereocenters. The van der Waals surface area contributed by atoms with E-state index in [0.29, 0.717) is 16.9 Å². The molecule has 1 aromatic heterocycles. The molecule has 1 heterocycles. The zero-order chi connectivity index (χ0) is 15.2. The molecule has 0 saturated carbocycles. The van der Waals surface area contributed by atoms with E-state index in [1.807, 2.05) is 31.2 Å². The molecule has 0 aliphatic heterocycles. The second kappa shape index (κ2) is 7.17. The highest BCUT2D eigenvalue weighted by molar-refractivity contribution is 9.10. The van der Waals surface area contributed by atoms with Gasteiger partial charge in [-0.05, 0) is 46.6 Å². The smallest absolute Gasteiger partial charge is 0.229 e. The summed E-state index contributed by atoms with van der Waals surface area (Å²) in [5.41, 5.74) is 0.856. The van der Waals surface area contributed by atoms with Crippen LogP contribution in [0.2, 0.25) is 0 Å². The second-order valence-corrected chi connectivity index (χ2v) is 5.14. The van der Waals surface area contributed by atoms with Crippen molar-refractivity contribution in [1.29, 1.82) is 0 Å². The summed E-state index contributed by atoms with van der Waals surface area (Å²) in [6, 6.07) is 8.55. The fraction of sp³-hybridized carbons (Fsp3) is 0.200. The maximum absolute atomic E-state index is 12.9. The number of pyridine rings is 1. The van der Waals surface area contributed by atoms with Gasteiger partial charge in [0.25, 0.3) is 0 Å². The normalized spacial score (nSPS) is 10.2. The molecule has 0 bridgehead atoms. The summed E-state index contributed by atoms with van der Waals surface area (Å²) in [5, 5.41) is 2.63. The number of benzene rings is 1. The Balaban J connectivity index is 1.98. The fourth-order valence-electron chi connectivity index (χ4n) is 1.74. The lowest BCUT2D eigenvalue weighted by atomic mass is 10.1. The fourth-order valence-corrected chi connectivity index (χ4v) is 2.16. The molecule has 0 aliphatic carbocycles. The van der Waals surface area contributed by atoms with Crippen LogP contribution >= 0.6 is 15.9 Å². The Hall–Kier alpha value is -1.95. The molecule has 0 fully saturated rings. The van der Waals surface area contributed by atoms with Crippen LogP contribution in [0.15, 0.2) is 41.0 Å². The zero-order valence-electron chi connectivity index (χ0n) is 11.4. The van der Waals surface area contributed by atoms with Crippen molar-refractivity contribution in [3.05, 3.63) is 52.4 Å². The number of carbonyl (C=O) groups excluding carboxylic acids is 1. The molecule has 1 amide bonds. The highest BCUT2D eigenvalue weighted by Gasteiger charge is 2.09. The topological polar surface area (TPSA) is 51.2 Å². The standard InChI is InChI=1S/C15H14BrFN2O2/c1-2-21-12-5-3-10(4-6-12)7-14(20)19-15-13(16)8-11(17)9-18-15/h3-6,8-9H,2,7H2,1H3,(H,18,19,20). The van der Waals surface area contributed by atoms with Crippen LogP contribution in [0, 0.1) is 5.82 Å². The van der Waals surface area contributed by atoms with Gasteiger partial charge >= 0.3 is 0 Å². The maximum atomic E-state index is 12.9. The average Bonchev–Trinajstić information content (AvgIpc) is 2.44. The number of aromatic nitrogens is 1. The van der Waals surface area contributed by atoms with Crippen LogP contribution in [0.25, 0.3) is 0 Å². The van der Waals surface area contributed by atoms with E-state index >= 15 is 0 Å². The predicted octanol–water partition coefficient (Wildman–Crippen LogP) is 3.56. The molecule has 2 rings (SSSR count). The quantitative estimate of drug-likeness (QED) is 0.894. The molecule has 0 spiro atoms. The first kappa shape index (κ1) is 15.4. The van der Waals surface area contributed by atoms with Gasteiger partial charge < -0.3 is 10.1 Å². The summed E-state index contributed by atoms with van der Waals surface area (Å²) in [5.74, 6) is 0.377. The van der Waals surface area contributed by atoms with Crippen LogP contribution in [-0.2, 0) is 11.2 Å². The Bertz CT molecular complexity index is 632. The van der Waals surface area contributed by atoms with Crippen LogP contribution in [0.1, 0.15) is 12.5 Å². The van der Waals surface area contributed by atoms with Crippen molar-refractivity contribution in [2.24, 2.45) is 0 Å². The number of rotatable bonds is 5. The number of hydrogen-bond acceptors (Lipinski definition) is 3. The Morgan fingerprint density at radius 1 is 1.38 bits per heavy atom. The largest absolute Gasteiger partial charge is 0.494 e. The summed E-state index contributed by atoms with van der Waals surface area (Å²) in [6.07, 6.45) is 1.26. The van der Waals surface area contributed by atoms with Gasteiger partial charge in [0.1, 0.15) is 17.4 Å². The maximum Gasteiger partial charge on any atom is 0.229 e. The van der Waals surface area contributed by atoms with Crippen LogP contribution in [0.5, 0.6) is 5.75 Å². The predicted molar refractivity (Wildman–Crippen MR) is 81.8 cm³/mol. The van der Waals surface area contributed by atoms with E-state index in [0.717, 1.165) is 17.5 Å². The van der Waals surface area contributed by atoms with E-state index in [2.05, 4.69) is 26.2 Å². The van der Waals surface area contributed by atoms with Crippen molar-refractivity contribution in [1.82, 2.24) is 4.98 Å². The Morgan fingerprint density at radius 3 is 2.71 bits per heavy atom. The van der Waals surface area contributed by atoms with Gasteiger partial charge in [-0.3, -0.25) is 4.79 Å². The number of ether oxygens (including phenoxy) is 1. The summed E-state index contributed by atoms with van der Waals surface area (Å²) < 4.78 is 18.7. The van der Waals surface area contributed by atoms with Gasteiger partial charge in [0.2, 0.25) is 5.91 Å². The lowest BCUT2D eigenvalue weighted by Gasteiger charge is -2.07. The van der Waals surface area contributed by atoms with Crippen molar-refractivity contribution in [3.8, 4) is 5.75 Å². The number of anilines is 1. The Kier molecular flexibility index (Phi) is 5.27. The van der Waals surface area contributed by atoms with Crippen molar-refractivity contribution >= 4 is 27.7 Å². The molecule has 0 atom stereocenters. The first-order chi connectivity index (χ1) is 10.1. The molecule has 4 nitrogen and oxygen atoms in total. The highest BCUT2D eigenvalue weighted by Crippen LogP contribution is 2.20. The molecule has 0 radical (unpaired) electrons. The van der Waals surface area contributed by atoms with E-state index < -0.39 is 5.82 Å².